The first-order chi connectivity index (χ1) is 6.70. The van der Waals surface area contributed by atoms with Gasteiger partial charge in [-0.15, -0.1) is 0 Å². The molecule has 0 aromatic heterocycles. The van der Waals surface area contributed by atoms with Gasteiger partial charge in [-0.3, -0.25) is 0 Å². The summed E-state index contributed by atoms with van der Waals surface area (Å²) in [5, 5.41) is 3.30. The number of hydrogen-bond acceptors (Lipinski definition) is 1. The predicted molar refractivity (Wildman–Crippen MR) is 55.9 cm³/mol. The molecule has 1 aromatic carbocycles. The van der Waals surface area contributed by atoms with Gasteiger partial charge in [0.2, 0.25) is 0 Å². The Balaban J connectivity index is 2.55. The lowest BCUT2D eigenvalue weighted by atomic mass is 9.89. The van der Waals surface area contributed by atoms with Crippen molar-refractivity contribution in [1.82, 2.24) is 5.32 Å². The van der Waals surface area contributed by atoms with Gasteiger partial charge in [0.05, 0.1) is 0 Å². The Morgan fingerprint density at radius 2 is 2.14 bits per heavy atom. The van der Waals surface area contributed by atoms with Gasteiger partial charge in [0.15, 0.2) is 0 Å². The molecule has 1 aliphatic heterocycles. The van der Waals surface area contributed by atoms with E-state index in [0.717, 1.165) is 25.1 Å². The molecule has 0 bridgehead atoms. The second kappa shape index (κ2) is 3.70. The number of hydrogen-bond donors (Lipinski definition) is 1. The van der Waals surface area contributed by atoms with Gasteiger partial charge in [0.1, 0.15) is 5.82 Å². The monoisotopic (exact) mass is 193 g/mol. The second-order valence-corrected chi connectivity index (χ2v) is 4.18. The Bertz CT molecular complexity index is 344. The molecule has 1 aliphatic rings. The molecule has 0 aliphatic carbocycles. The van der Waals surface area contributed by atoms with Crippen LogP contribution in [0.1, 0.15) is 36.5 Å². The Hall–Kier alpha value is -0.890. The van der Waals surface area contributed by atoms with Crippen LogP contribution in [0.15, 0.2) is 12.1 Å². The first-order valence-corrected chi connectivity index (χ1v) is 5.21. The molecule has 1 N–H and O–H groups in total. The van der Waals surface area contributed by atoms with Crippen LogP contribution in [0.25, 0.3) is 0 Å². The fourth-order valence-corrected chi connectivity index (χ4v) is 2.20. The van der Waals surface area contributed by atoms with Crippen molar-refractivity contribution in [1.29, 1.82) is 0 Å². The van der Waals surface area contributed by atoms with E-state index in [4.69, 9.17) is 0 Å². The molecule has 0 radical (unpaired) electrons. The SMILES string of the molecule is CC(C)c1c(F)ccc2c1CCNC2. The lowest BCUT2D eigenvalue weighted by Gasteiger charge is -2.22. The number of rotatable bonds is 1. The van der Waals surface area contributed by atoms with Gasteiger partial charge in [0, 0.05) is 6.54 Å². The maximum atomic E-state index is 13.6. The van der Waals surface area contributed by atoms with Crippen LogP contribution >= 0.6 is 0 Å². The second-order valence-electron chi connectivity index (χ2n) is 4.18. The molecule has 0 atom stereocenters. The van der Waals surface area contributed by atoms with Crippen molar-refractivity contribution in [2.24, 2.45) is 0 Å². The molecule has 1 heterocycles. The summed E-state index contributed by atoms with van der Waals surface area (Å²) in [5.74, 6) is 0.240. The summed E-state index contributed by atoms with van der Waals surface area (Å²) >= 11 is 0. The minimum absolute atomic E-state index is 0.0411. The summed E-state index contributed by atoms with van der Waals surface area (Å²) in [7, 11) is 0. The molecule has 0 saturated carbocycles. The third-order valence-electron chi connectivity index (χ3n) is 2.85. The first kappa shape index (κ1) is 9.66. The molecule has 0 fully saturated rings. The zero-order valence-corrected chi connectivity index (χ0v) is 8.73. The van der Waals surface area contributed by atoms with Crippen molar-refractivity contribution in [2.75, 3.05) is 6.54 Å². The van der Waals surface area contributed by atoms with Gasteiger partial charge in [0.25, 0.3) is 0 Å². The molecule has 76 valence electrons. The Kier molecular flexibility index (Phi) is 2.55. The average molecular weight is 193 g/mol. The maximum Gasteiger partial charge on any atom is 0.126 e. The van der Waals surface area contributed by atoms with E-state index in [-0.39, 0.29) is 11.7 Å². The topological polar surface area (TPSA) is 12.0 Å². The molecule has 0 spiro atoms. The molecule has 1 nitrogen and oxygen atoms in total. The van der Waals surface area contributed by atoms with Crippen molar-refractivity contribution >= 4 is 0 Å². The fraction of sp³-hybridized carbons (Fsp3) is 0.500. The molecule has 1 aromatic rings. The molecule has 0 unspecified atom stereocenters. The van der Waals surface area contributed by atoms with Gasteiger partial charge in [-0.05, 0) is 41.6 Å². The van der Waals surface area contributed by atoms with Crippen molar-refractivity contribution in [3.05, 3.63) is 34.6 Å². The highest BCUT2D eigenvalue weighted by atomic mass is 19.1. The van der Waals surface area contributed by atoms with Crippen LogP contribution in [0, 0.1) is 5.82 Å². The summed E-state index contributed by atoms with van der Waals surface area (Å²) in [6, 6.07) is 3.50. The van der Waals surface area contributed by atoms with Gasteiger partial charge in [-0.25, -0.2) is 4.39 Å². The lowest BCUT2D eigenvalue weighted by Crippen LogP contribution is -2.25. The highest BCUT2D eigenvalue weighted by Gasteiger charge is 2.17. The number of halogens is 1. The van der Waals surface area contributed by atoms with Crippen LogP contribution in [-0.2, 0) is 13.0 Å². The predicted octanol–water partition coefficient (Wildman–Crippen LogP) is 2.59. The Labute approximate surface area is 84.3 Å². The molecule has 0 amide bonds. The summed E-state index contributed by atoms with van der Waals surface area (Å²) in [4.78, 5) is 0. The minimum atomic E-state index is -0.0411. The van der Waals surface area contributed by atoms with Gasteiger partial charge in [-0.1, -0.05) is 19.9 Å². The number of benzene rings is 1. The standard InChI is InChI=1S/C12H16FN/c1-8(2)12-10-5-6-14-7-9(10)3-4-11(12)13/h3-4,8,14H,5-7H2,1-2H3. The average Bonchev–Trinajstić information content (AvgIpc) is 2.17. The van der Waals surface area contributed by atoms with Crippen LogP contribution in [0.3, 0.4) is 0 Å². The Morgan fingerprint density at radius 3 is 2.86 bits per heavy atom. The van der Waals surface area contributed by atoms with E-state index in [1.807, 2.05) is 6.07 Å². The van der Waals surface area contributed by atoms with Crippen molar-refractivity contribution < 1.29 is 4.39 Å². The largest absolute Gasteiger partial charge is 0.312 e. The first-order valence-electron chi connectivity index (χ1n) is 5.21. The summed E-state index contributed by atoms with van der Waals surface area (Å²) < 4.78 is 13.6. The quantitative estimate of drug-likeness (QED) is 0.723. The Morgan fingerprint density at radius 1 is 1.36 bits per heavy atom. The van der Waals surface area contributed by atoms with Crippen molar-refractivity contribution in [2.45, 2.75) is 32.7 Å². The molecule has 2 rings (SSSR count). The van der Waals surface area contributed by atoms with Gasteiger partial charge >= 0.3 is 0 Å². The van der Waals surface area contributed by atoms with Gasteiger partial charge < -0.3 is 5.32 Å². The van der Waals surface area contributed by atoms with E-state index < -0.39 is 0 Å². The maximum absolute atomic E-state index is 13.6. The van der Waals surface area contributed by atoms with Crippen molar-refractivity contribution in [3.63, 3.8) is 0 Å². The number of fused-ring (bicyclic) bond motifs is 1. The summed E-state index contributed by atoms with van der Waals surface area (Å²) in [6.07, 6.45) is 0.959. The highest BCUT2D eigenvalue weighted by Crippen LogP contribution is 2.27. The zero-order valence-electron chi connectivity index (χ0n) is 8.73. The highest BCUT2D eigenvalue weighted by molar-refractivity contribution is 5.39. The van der Waals surface area contributed by atoms with Crippen LogP contribution in [0.2, 0.25) is 0 Å². The van der Waals surface area contributed by atoms with E-state index in [0.29, 0.717) is 0 Å². The van der Waals surface area contributed by atoms with E-state index in [2.05, 4.69) is 19.2 Å². The normalized spacial score (nSPS) is 15.7. The minimum Gasteiger partial charge on any atom is -0.312 e. The van der Waals surface area contributed by atoms with Crippen LogP contribution in [-0.4, -0.2) is 6.54 Å². The molecular weight excluding hydrogens is 177 g/mol. The fourth-order valence-electron chi connectivity index (χ4n) is 2.20. The third-order valence-corrected chi connectivity index (χ3v) is 2.85. The summed E-state index contributed by atoms with van der Waals surface area (Å²) in [5.41, 5.74) is 3.42. The molecular formula is C12H16FN. The van der Waals surface area contributed by atoms with Crippen LogP contribution < -0.4 is 5.32 Å². The molecule has 0 saturated heterocycles. The number of nitrogens with one attached hydrogen (secondary N) is 1. The van der Waals surface area contributed by atoms with E-state index in [1.165, 1.54) is 11.1 Å². The summed E-state index contributed by atoms with van der Waals surface area (Å²) in [6.45, 7) is 5.97. The van der Waals surface area contributed by atoms with E-state index >= 15 is 0 Å². The van der Waals surface area contributed by atoms with E-state index in [9.17, 15) is 4.39 Å². The van der Waals surface area contributed by atoms with Crippen LogP contribution in [0.4, 0.5) is 4.39 Å². The lowest BCUT2D eigenvalue weighted by molar-refractivity contribution is 0.574. The molecule has 2 heteroatoms. The van der Waals surface area contributed by atoms with Gasteiger partial charge in [-0.2, -0.15) is 0 Å². The smallest absolute Gasteiger partial charge is 0.126 e. The third kappa shape index (κ3) is 1.55. The zero-order chi connectivity index (χ0) is 10.1. The molecule has 14 heavy (non-hydrogen) atoms. The van der Waals surface area contributed by atoms with E-state index in [1.54, 1.807) is 6.07 Å². The van der Waals surface area contributed by atoms with Crippen LogP contribution in [0.5, 0.6) is 0 Å². The van der Waals surface area contributed by atoms with Crippen molar-refractivity contribution in [3.8, 4) is 0 Å².